The van der Waals surface area contributed by atoms with Crippen LogP contribution in [0.15, 0.2) is 4.99 Å². The number of hydrogen-bond donors (Lipinski definition) is 0. The molecular weight excluding hydrogens is 90.1 g/mol. The maximum absolute atomic E-state index is 4.93. The topological polar surface area (TPSA) is 21.6 Å². The first-order valence-electron chi connectivity index (χ1n) is 2.37. The third-order valence-corrected chi connectivity index (χ3v) is 1.24. The van der Waals surface area contributed by atoms with Gasteiger partial charge in [-0.1, -0.05) is 0 Å². The van der Waals surface area contributed by atoms with E-state index in [1.54, 1.807) is 7.11 Å². The van der Waals surface area contributed by atoms with E-state index in [-0.39, 0.29) is 0 Å². The lowest BCUT2D eigenvalue weighted by molar-refractivity contribution is 0.178. The van der Waals surface area contributed by atoms with Crippen molar-refractivity contribution in [2.24, 2.45) is 4.99 Å². The van der Waals surface area contributed by atoms with Gasteiger partial charge in [0.15, 0.2) is 0 Å². The first-order valence-corrected chi connectivity index (χ1v) is 2.37. The normalized spacial score (nSPS) is 37.9. The maximum atomic E-state index is 4.93. The lowest BCUT2D eigenvalue weighted by atomic mass is 10.7. The predicted octanol–water partition coefficient (Wildman–Crippen LogP) is 0.474. The largest absolute Gasteiger partial charge is 0.379 e. The van der Waals surface area contributed by atoms with Gasteiger partial charge in [-0.05, 0) is 6.72 Å². The molecule has 0 N–H and O–H groups in total. The molecule has 0 aromatic heterocycles. The van der Waals surface area contributed by atoms with Crippen molar-refractivity contribution in [3.63, 3.8) is 0 Å². The van der Waals surface area contributed by atoms with Crippen LogP contribution in [-0.4, -0.2) is 26.0 Å². The fourth-order valence-electron chi connectivity index (χ4n) is 0.605. The molecule has 1 rings (SSSR count). The molecule has 1 aliphatic rings. The Labute approximate surface area is 43.2 Å². The molecule has 2 nitrogen and oxygen atoms in total. The Balaban J connectivity index is 2.17. The smallest absolute Gasteiger partial charge is 0.0816 e. The van der Waals surface area contributed by atoms with Gasteiger partial charge in [0.1, 0.15) is 0 Å². The van der Waals surface area contributed by atoms with Crippen LogP contribution >= 0.6 is 0 Å². The Bertz CT molecular complexity index is 82.1. The van der Waals surface area contributed by atoms with Crippen LogP contribution in [0, 0.1) is 0 Å². The van der Waals surface area contributed by atoms with Crippen molar-refractivity contribution in [3.05, 3.63) is 0 Å². The van der Waals surface area contributed by atoms with Gasteiger partial charge in [-0.2, -0.15) is 0 Å². The molecule has 0 heterocycles. The highest BCUT2D eigenvalue weighted by Crippen LogP contribution is 2.27. The molecule has 2 atom stereocenters. The molecule has 1 fully saturated rings. The summed E-state index contributed by atoms with van der Waals surface area (Å²) in [6.45, 7) is 3.39. The second kappa shape index (κ2) is 1.62. The van der Waals surface area contributed by atoms with Crippen LogP contribution in [0.1, 0.15) is 6.42 Å². The Morgan fingerprint density at radius 1 is 1.86 bits per heavy atom. The van der Waals surface area contributed by atoms with Gasteiger partial charge in [-0.15, -0.1) is 0 Å². The summed E-state index contributed by atoms with van der Waals surface area (Å²) in [5.41, 5.74) is 0. The highest BCUT2D eigenvalue weighted by molar-refractivity contribution is 5.26. The van der Waals surface area contributed by atoms with Crippen molar-refractivity contribution in [2.45, 2.75) is 18.6 Å². The van der Waals surface area contributed by atoms with E-state index < -0.39 is 0 Å². The van der Waals surface area contributed by atoms with Crippen LogP contribution in [0.25, 0.3) is 0 Å². The number of ether oxygens (including phenoxy) is 1. The number of methoxy groups -OCH3 is 1. The van der Waals surface area contributed by atoms with E-state index in [0.717, 1.165) is 6.42 Å². The van der Waals surface area contributed by atoms with E-state index >= 15 is 0 Å². The van der Waals surface area contributed by atoms with Gasteiger partial charge in [0, 0.05) is 13.5 Å². The van der Waals surface area contributed by atoms with Crippen LogP contribution < -0.4 is 0 Å². The quantitative estimate of drug-likeness (QED) is 0.461. The fraction of sp³-hybridized carbons (Fsp3) is 0.800. The van der Waals surface area contributed by atoms with Crippen molar-refractivity contribution < 1.29 is 4.74 Å². The number of hydrogen-bond acceptors (Lipinski definition) is 2. The predicted molar refractivity (Wildman–Crippen MR) is 28.8 cm³/mol. The SMILES string of the molecule is C=NC1CC1OC. The number of aliphatic imine (C=N–C) groups is 1. The van der Waals surface area contributed by atoms with Gasteiger partial charge < -0.3 is 4.74 Å². The van der Waals surface area contributed by atoms with E-state index in [1.165, 1.54) is 0 Å². The second-order valence-electron chi connectivity index (χ2n) is 1.76. The average Bonchev–Trinajstić information content (AvgIpc) is 2.43. The zero-order valence-electron chi connectivity index (χ0n) is 4.42. The Hall–Kier alpha value is -0.370. The lowest BCUT2D eigenvalue weighted by Crippen LogP contribution is -1.90. The summed E-state index contributed by atoms with van der Waals surface area (Å²) >= 11 is 0. The summed E-state index contributed by atoms with van der Waals surface area (Å²) in [6, 6.07) is 0.407. The lowest BCUT2D eigenvalue weighted by Gasteiger charge is -1.85. The number of rotatable bonds is 2. The minimum absolute atomic E-state index is 0.387. The first kappa shape index (κ1) is 4.78. The van der Waals surface area contributed by atoms with E-state index in [4.69, 9.17) is 4.74 Å². The molecule has 0 aliphatic heterocycles. The van der Waals surface area contributed by atoms with Gasteiger partial charge in [-0.25, -0.2) is 0 Å². The molecule has 1 aliphatic carbocycles. The van der Waals surface area contributed by atoms with E-state index in [2.05, 4.69) is 11.7 Å². The summed E-state index contributed by atoms with van der Waals surface area (Å²) in [5, 5.41) is 0. The van der Waals surface area contributed by atoms with Crippen LogP contribution in [0.3, 0.4) is 0 Å². The molecule has 0 aromatic rings. The molecule has 0 amide bonds. The molecule has 2 unspecified atom stereocenters. The molecule has 40 valence electrons. The van der Waals surface area contributed by atoms with Crippen molar-refractivity contribution in [1.82, 2.24) is 0 Å². The minimum atomic E-state index is 0.387. The molecule has 0 aromatic carbocycles. The summed E-state index contributed by atoms with van der Waals surface area (Å²) in [6.07, 6.45) is 1.46. The monoisotopic (exact) mass is 99.1 g/mol. The Morgan fingerprint density at radius 2 is 2.57 bits per heavy atom. The molecule has 0 bridgehead atoms. The van der Waals surface area contributed by atoms with Gasteiger partial charge in [0.2, 0.25) is 0 Å². The molecular formula is C5H9NO. The first-order chi connectivity index (χ1) is 3.38. The highest BCUT2D eigenvalue weighted by Gasteiger charge is 2.35. The van der Waals surface area contributed by atoms with Crippen LogP contribution in [-0.2, 0) is 4.74 Å². The molecule has 7 heavy (non-hydrogen) atoms. The van der Waals surface area contributed by atoms with Crippen LogP contribution in [0.2, 0.25) is 0 Å². The number of nitrogens with zero attached hydrogens (tertiary/aromatic N) is 1. The zero-order valence-corrected chi connectivity index (χ0v) is 4.42. The van der Waals surface area contributed by atoms with E-state index in [0.29, 0.717) is 12.1 Å². The van der Waals surface area contributed by atoms with E-state index in [1.807, 2.05) is 0 Å². The summed E-state index contributed by atoms with van der Waals surface area (Å²) in [7, 11) is 1.70. The van der Waals surface area contributed by atoms with Gasteiger partial charge >= 0.3 is 0 Å². The third kappa shape index (κ3) is 0.800. The van der Waals surface area contributed by atoms with Crippen molar-refractivity contribution in [2.75, 3.05) is 7.11 Å². The second-order valence-corrected chi connectivity index (χ2v) is 1.76. The zero-order chi connectivity index (χ0) is 5.28. The summed E-state index contributed by atoms with van der Waals surface area (Å²) < 4.78 is 4.93. The van der Waals surface area contributed by atoms with Gasteiger partial charge in [0.25, 0.3) is 0 Å². The van der Waals surface area contributed by atoms with Crippen molar-refractivity contribution in [3.8, 4) is 0 Å². The average molecular weight is 99.1 g/mol. The standard InChI is InChI=1S/C5H9NO/c1-6-4-3-5(4)7-2/h4-5H,1,3H2,2H3. The molecule has 0 spiro atoms. The Morgan fingerprint density at radius 3 is 2.71 bits per heavy atom. The summed E-state index contributed by atoms with van der Waals surface area (Å²) in [4.78, 5) is 3.78. The van der Waals surface area contributed by atoms with Gasteiger partial charge in [-0.3, -0.25) is 4.99 Å². The third-order valence-electron chi connectivity index (χ3n) is 1.24. The highest BCUT2D eigenvalue weighted by atomic mass is 16.5. The molecule has 1 saturated carbocycles. The summed E-state index contributed by atoms with van der Waals surface area (Å²) in [5.74, 6) is 0. The Kier molecular flexibility index (Phi) is 1.11. The van der Waals surface area contributed by atoms with Crippen LogP contribution in [0.4, 0.5) is 0 Å². The van der Waals surface area contributed by atoms with Crippen LogP contribution in [0.5, 0.6) is 0 Å². The fourth-order valence-corrected chi connectivity index (χ4v) is 0.605. The van der Waals surface area contributed by atoms with Gasteiger partial charge in [0.05, 0.1) is 12.1 Å². The van der Waals surface area contributed by atoms with Crippen molar-refractivity contribution in [1.29, 1.82) is 0 Å². The maximum Gasteiger partial charge on any atom is 0.0816 e. The van der Waals surface area contributed by atoms with Crippen molar-refractivity contribution >= 4 is 6.72 Å². The minimum Gasteiger partial charge on any atom is -0.379 e. The molecule has 0 radical (unpaired) electrons. The molecule has 2 heteroatoms. The molecule has 0 saturated heterocycles. The van der Waals surface area contributed by atoms with E-state index in [9.17, 15) is 0 Å².